The molecule has 5 heteroatoms. The van der Waals surface area contributed by atoms with Gasteiger partial charge >= 0.3 is 5.97 Å². The highest BCUT2D eigenvalue weighted by Gasteiger charge is 2.60. The highest BCUT2D eigenvalue weighted by Crippen LogP contribution is 2.68. The molecule has 5 nitrogen and oxygen atoms in total. The third kappa shape index (κ3) is 4.73. The highest BCUT2D eigenvalue weighted by atomic mass is 16.5. The van der Waals surface area contributed by atoms with E-state index in [0.717, 1.165) is 42.9 Å². The van der Waals surface area contributed by atoms with Crippen LogP contribution in [0.15, 0.2) is 0 Å². The lowest BCUT2D eigenvalue weighted by Gasteiger charge is -2.61. The molecule has 4 fully saturated rings. The summed E-state index contributed by atoms with van der Waals surface area (Å²) in [6.45, 7) is 9.58. The fraction of sp³-hybridized carbons (Fsp3) is 0.929. The molecule has 2 unspecified atom stereocenters. The zero-order valence-corrected chi connectivity index (χ0v) is 21.4. The van der Waals surface area contributed by atoms with Crippen molar-refractivity contribution in [3.63, 3.8) is 0 Å². The Bertz CT molecular complexity index is 725. The Morgan fingerprint density at radius 3 is 2.52 bits per heavy atom. The first-order valence-corrected chi connectivity index (χ1v) is 13.8. The number of aliphatic hydroxyl groups excluding tert-OH is 1. The number of hydrogen-bond donors (Lipinski definition) is 2. The summed E-state index contributed by atoms with van der Waals surface area (Å²) in [6.07, 6.45) is 12.5. The molecule has 4 aliphatic rings. The predicted molar refractivity (Wildman–Crippen MR) is 129 cm³/mol. The molecule has 4 aliphatic carbocycles. The number of esters is 1. The topological polar surface area (TPSA) is 75.6 Å². The molecule has 33 heavy (non-hydrogen) atoms. The molecule has 0 aromatic heterocycles. The quantitative estimate of drug-likeness (QED) is 0.517. The predicted octanol–water partition coefficient (Wildman–Crippen LogP) is 5.10. The molecule has 9 atom stereocenters. The third-order valence-corrected chi connectivity index (χ3v) is 11.0. The van der Waals surface area contributed by atoms with Gasteiger partial charge in [0.25, 0.3) is 0 Å². The largest absolute Gasteiger partial charge is 0.465 e. The first-order valence-electron chi connectivity index (χ1n) is 13.8. The Morgan fingerprint density at radius 1 is 1.03 bits per heavy atom. The number of carbonyl (C=O) groups excluding carboxylic acids is 2. The zero-order chi connectivity index (χ0) is 23.8. The molecule has 0 aromatic rings. The van der Waals surface area contributed by atoms with Gasteiger partial charge in [0.2, 0.25) is 5.91 Å². The number of aliphatic hydroxyl groups is 1. The first kappa shape index (κ1) is 25.0. The molecule has 0 heterocycles. The van der Waals surface area contributed by atoms with Gasteiger partial charge in [-0.1, -0.05) is 20.8 Å². The molecule has 4 saturated carbocycles. The number of carbonyl (C=O) groups is 2. The molecule has 0 aliphatic heterocycles. The summed E-state index contributed by atoms with van der Waals surface area (Å²) in [6, 6.07) is 0. The second kappa shape index (κ2) is 9.87. The normalized spacial score (nSPS) is 43.1. The lowest BCUT2D eigenvalue weighted by atomic mass is 9.44. The fourth-order valence-electron chi connectivity index (χ4n) is 9.24. The second-order valence-electron chi connectivity index (χ2n) is 12.4. The van der Waals surface area contributed by atoms with Gasteiger partial charge in [0.15, 0.2) is 0 Å². The van der Waals surface area contributed by atoms with Crippen molar-refractivity contribution in [2.24, 2.45) is 46.3 Å². The van der Waals surface area contributed by atoms with Gasteiger partial charge in [0.05, 0.1) is 12.7 Å². The van der Waals surface area contributed by atoms with Crippen LogP contribution in [0.1, 0.15) is 98.3 Å². The molecular weight excluding hydrogens is 414 g/mol. The van der Waals surface area contributed by atoms with Crippen molar-refractivity contribution < 1.29 is 19.4 Å². The van der Waals surface area contributed by atoms with Gasteiger partial charge in [-0.3, -0.25) is 9.59 Å². The number of hydrogen-bond acceptors (Lipinski definition) is 4. The van der Waals surface area contributed by atoms with E-state index in [1.165, 1.54) is 44.9 Å². The standard InChI is InChI=1S/C28H47NO4/c1-5-33-26(32)17-29-25(31)11-6-18(2)22-9-10-23-21-8-7-19-16-20(30)12-14-27(19,3)24(21)13-15-28(22,23)4/h18-24,30H,5-17H2,1-4H3,(H,29,31)/t18?,19?,20-,21+,22-,23+,24+,27+,28-/m1/s1. The number of ether oxygens (including phenoxy) is 1. The first-order chi connectivity index (χ1) is 15.7. The van der Waals surface area contributed by atoms with Gasteiger partial charge in [-0.15, -0.1) is 0 Å². The summed E-state index contributed by atoms with van der Waals surface area (Å²) in [5.41, 5.74) is 0.837. The monoisotopic (exact) mass is 461 g/mol. The number of rotatable bonds is 7. The van der Waals surface area contributed by atoms with Crippen LogP contribution < -0.4 is 5.32 Å². The molecular formula is C28H47NO4. The smallest absolute Gasteiger partial charge is 0.325 e. The fourth-order valence-corrected chi connectivity index (χ4v) is 9.24. The van der Waals surface area contributed by atoms with E-state index in [4.69, 9.17) is 4.74 Å². The van der Waals surface area contributed by atoms with E-state index >= 15 is 0 Å². The molecule has 0 spiro atoms. The molecule has 1 amide bonds. The van der Waals surface area contributed by atoms with Crippen molar-refractivity contribution in [3.05, 3.63) is 0 Å². The van der Waals surface area contributed by atoms with E-state index in [-0.39, 0.29) is 24.5 Å². The van der Waals surface area contributed by atoms with Crippen LogP contribution in [0.4, 0.5) is 0 Å². The van der Waals surface area contributed by atoms with Crippen LogP contribution >= 0.6 is 0 Å². The van der Waals surface area contributed by atoms with Gasteiger partial charge in [0.1, 0.15) is 6.54 Å². The maximum Gasteiger partial charge on any atom is 0.325 e. The summed E-state index contributed by atoms with van der Waals surface area (Å²) in [7, 11) is 0. The van der Waals surface area contributed by atoms with Crippen LogP contribution in [-0.2, 0) is 14.3 Å². The molecule has 0 radical (unpaired) electrons. The van der Waals surface area contributed by atoms with Gasteiger partial charge in [-0.05, 0) is 117 Å². The van der Waals surface area contributed by atoms with Gasteiger partial charge in [-0.25, -0.2) is 0 Å². The minimum absolute atomic E-state index is 0.0237. The summed E-state index contributed by atoms with van der Waals surface area (Å²) in [4.78, 5) is 23.8. The third-order valence-electron chi connectivity index (χ3n) is 11.0. The van der Waals surface area contributed by atoms with Crippen LogP contribution in [0.2, 0.25) is 0 Å². The Morgan fingerprint density at radius 2 is 1.76 bits per heavy atom. The van der Waals surface area contributed by atoms with Gasteiger partial charge in [-0.2, -0.15) is 0 Å². The Balaban J connectivity index is 1.35. The van der Waals surface area contributed by atoms with E-state index < -0.39 is 0 Å². The average Bonchev–Trinajstić information content (AvgIpc) is 3.14. The van der Waals surface area contributed by atoms with Crippen LogP contribution in [-0.4, -0.2) is 36.2 Å². The van der Waals surface area contributed by atoms with Crippen LogP contribution in [0.5, 0.6) is 0 Å². The minimum Gasteiger partial charge on any atom is -0.465 e. The molecule has 0 bridgehead atoms. The summed E-state index contributed by atoms with van der Waals surface area (Å²) in [5.74, 6) is 4.06. The lowest BCUT2D eigenvalue weighted by Crippen LogP contribution is -2.54. The average molecular weight is 462 g/mol. The summed E-state index contributed by atoms with van der Waals surface area (Å²) < 4.78 is 4.89. The van der Waals surface area contributed by atoms with E-state index in [1.807, 2.05) is 0 Å². The van der Waals surface area contributed by atoms with E-state index in [2.05, 4.69) is 26.1 Å². The van der Waals surface area contributed by atoms with Crippen LogP contribution in [0.3, 0.4) is 0 Å². The van der Waals surface area contributed by atoms with Crippen LogP contribution in [0.25, 0.3) is 0 Å². The minimum atomic E-state index is -0.363. The van der Waals surface area contributed by atoms with Crippen molar-refractivity contribution in [2.45, 2.75) is 104 Å². The molecule has 2 N–H and O–H groups in total. The van der Waals surface area contributed by atoms with Crippen molar-refractivity contribution in [2.75, 3.05) is 13.2 Å². The zero-order valence-electron chi connectivity index (χ0n) is 21.4. The van der Waals surface area contributed by atoms with E-state index in [1.54, 1.807) is 6.92 Å². The van der Waals surface area contributed by atoms with Crippen LogP contribution in [0, 0.1) is 46.3 Å². The summed E-state index contributed by atoms with van der Waals surface area (Å²) in [5, 5.41) is 13.0. The molecule has 0 saturated heterocycles. The van der Waals surface area contributed by atoms with Crippen molar-refractivity contribution in [3.8, 4) is 0 Å². The Labute approximate surface area is 200 Å². The number of amides is 1. The van der Waals surface area contributed by atoms with Crippen molar-refractivity contribution >= 4 is 11.9 Å². The second-order valence-corrected chi connectivity index (χ2v) is 12.4. The molecule has 188 valence electrons. The number of fused-ring (bicyclic) bond motifs is 5. The Hall–Kier alpha value is -1.10. The SMILES string of the molecule is CCOC(=O)CNC(=O)CCC(C)[C@H]1CC[C@H]2[C@@H]3CCC4C[C@H](O)CC[C@]4(C)[C@H]3CC[C@]12C. The van der Waals surface area contributed by atoms with Gasteiger partial charge in [0, 0.05) is 6.42 Å². The van der Waals surface area contributed by atoms with E-state index in [9.17, 15) is 14.7 Å². The van der Waals surface area contributed by atoms with Crippen molar-refractivity contribution in [1.29, 1.82) is 0 Å². The Kier molecular flexibility index (Phi) is 7.48. The molecule has 4 rings (SSSR count). The maximum atomic E-state index is 12.3. The highest BCUT2D eigenvalue weighted by molar-refractivity contribution is 5.81. The van der Waals surface area contributed by atoms with E-state index in [0.29, 0.717) is 35.7 Å². The van der Waals surface area contributed by atoms with Gasteiger partial charge < -0.3 is 15.2 Å². The number of nitrogens with one attached hydrogen (secondary N) is 1. The lowest BCUT2D eigenvalue weighted by molar-refractivity contribution is -0.143. The molecule has 0 aromatic carbocycles. The maximum absolute atomic E-state index is 12.3. The summed E-state index contributed by atoms with van der Waals surface area (Å²) >= 11 is 0. The van der Waals surface area contributed by atoms with Crippen molar-refractivity contribution in [1.82, 2.24) is 5.32 Å².